The van der Waals surface area contributed by atoms with E-state index in [1.165, 1.54) is 6.92 Å². The standard InChI is InChI=1S/C3H8O.C2H3N.ClH.K/c1-3(2)4;1-2-3;;/h3-4H,1-2H3;1H3;1H;/q;;;+1/p-1. The Bertz CT molecular complexity index is 59.7. The Kier molecular flexibility index (Phi) is 56.7. The van der Waals surface area contributed by atoms with Gasteiger partial charge < -0.3 is 17.5 Å². The van der Waals surface area contributed by atoms with Gasteiger partial charge in [0.2, 0.25) is 0 Å². The molecular weight excluding hydrogens is 165 g/mol. The van der Waals surface area contributed by atoms with E-state index in [0.717, 1.165) is 0 Å². The maximum absolute atomic E-state index is 8.06. The molecule has 0 radical (unpaired) electrons. The Morgan fingerprint density at radius 2 is 1.44 bits per heavy atom. The first-order valence-corrected chi connectivity index (χ1v) is 2.14. The molecule has 0 bridgehead atoms. The molecule has 0 fully saturated rings. The smallest absolute Gasteiger partial charge is 1.00 e. The molecule has 0 aromatic carbocycles. The number of aliphatic hydroxyl groups excluding tert-OH is 1. The van der Waals surface area contributed by atoms with Crippen LogP contribution in [0.5, 0.6) is 0 Å². The Morgan fingerprint density at radius 1 is 1.44 bits per heavy atom. The van der Waals surface area contributed by atoms with E-state index < -0.39 is 0 Å². The SMILES string of the molecule is CC#N.CC(C)O.[Cl-].[K+]. The van der Waals surface area contributed by atoms with Crippen LogP contribution in [0.3, 0.4) is 0 Å². The quantitative estimate of drug-likeness (QED) is 0.375. The predicted octanol–water partition coefficient (Wildman–Crippen LogP) is -5.08. The molecule has 0 heterocycles. The van der Waals surface area contributed by atoms with Crippen molar-refractivity contribution in [3.05, 3.63) is 0 Å². The van der Waals surface area contributed by atoms with Crippen LogP contribution < -0.4 is 63.8 Å². The van der Waals surface area contributed by atoms with Crippen LogP contribution in [0.2, 0.25) is 0 Å². The van der Waals surface area contributed by atoms with Crippen molar-refractivity contribution in [3.8, 4) is 6.07 Å². The van der Waals surface area contributed by atoms with Gasteiger partial charge in [-0.25, -0.2) is 0 Å². The number of rotatable bonds is 0. The Hall–Kier alpha value is 1.38. The molecule has 0 unspecified atom stereocenters. The molecule has 4 heteroatoms. The number of hydrogen-bond donors (Lipinski definition) is 1. The topological polar surface area (TPSA) is 44.0 Å². The average molecular weight is 176 g/mol. The molecule has 0 spiro atoms. The first-order valence-electron chi connectivity index (χ1n) is 2.14. The zero-order chi connectivity index (χ0) is 6.28. The number of hydrogen-bond acceptors (Lipinski definition) is 2. The van der Waals surface area contributed by atoms with E-state index in [1.807, 2.05) is 0 Å². The van der Waals surface area contributed by atoms with Gasteiger partial charge >= 0.3 is 51.4 Å². The van der Waals surface area contributed by atoms with Crippen LogP contribution in [0.25, 0.3) is 0 Å². The summed E-state index contributed by atoms with van der Waals surface area (Å²) in [6, 6.07) is 1.75. The third-order valence-electron chi connectivity index (χ3n) is 0. The van der Waals surface area contributed by atoms with Crippen molar-refractivity contribution in [2.24, 2.45) is 0 Å². The summed E-state index contributed by atoms with van der Waals surface area (Å²) in [5, 5.41) is 15.4. The van der Waals surface area contributed by atoms with Crippen LogP contribution in [0.15, 0.2) is 0 Å². The molecule has 0 saturated carbocycles. The van der Waals surface area contributed by atoms with Crippen LogP contribution in [0, 0.1) is 11.3 Å². The number of halogens is 1. The minimum absolute atomic E-state index is 0. The van der Waals surface area contributed by atoms with Crippen molar-refractivity contribution < 1.29 is 68.9 Å². The summed E-state index contributed by atoms with van der Waals surface area (Å²) >= 11 is 0. The fourth-order valence-corrected chi connectivity index (χ4v) is 0. The van der Waals surface area contributed by atoms with Crippen molar-refractivity contribution >= 4 is 0 Å². The molecule has 0 atom stereocenters. The number of aliphatic hydroxyl groups is 1. The van der Waals surface area contributed by atoms with Gasteiger partial charge in [0.25, 0.3) is 0 Å². The molecule has 0 rings (SSSR count). The molecule has 0 amide bonds. The normalized spacial score (nSPS) is 4.89. The van der Waals surface area contributed by atoms with Gasteiger partial charge in [0.15, 0.2) is 0 Å². The molecule has 1 N–H and O–H groups in total. The second kappa shape index (κ2) is 22.8. The number of nitrogens with zero attached hydrogens (tertiary/aromatic N) is 1. The summed E-state index contributed by atoms with van der Waals surface area (Å²) in [6.07, 6.45) is -0.167. The minimum atomic E-state index is -0.167. The van der Waals surface area contributed by atoms with E-state index in [4.69, 9.17) is 10.4 Å². The summed E-state index contributed by atoms with van der Waals surface area (Å²) < 4.78 is 0. The monoisotopic (exact) mass is 175 g/mol. The zero-order valence-electron chi connectivity index (χ0n) is 6.35. The van der Waals surface area contributed by atoms with Crippen molar-refractivity contribution in [3.63, 3.8) is 0 Å². The van der Waals surface area contributed by atoms with E-state index in [-0.39, 0.29) is 69.9 Å². The molecule has 0 aliphatic carbocycles. The van der Waals surface area contributed by atoms with Gasteiger partial charge in [0.1, 0.15) is 0 Å². The van der Waals surface area contributed by atoms with E-state index >= 15 is 0 Å². The molecular formula is C5H11ClKNO. The average Bonchev–Trinajstić information content (AvgIpc) is 1.33. The van der Waals surface area contributed by atoms with Gasteiger partial charge in [-0.15, -0.1) is 0 Å². The largest absolute Gasteiger partial charge is 1.00 e. The summed E-state index contributed by atoms with van der Waals surface area (Å²) in [6.45, 7) is 4.88. The van der Waals surface area contributed by atoms with Gasteiger partial charge in [0, 0.05) is 13.0 Å². The summed E-state index contributed by atoms with van der Waals surface area (Å²) in [7, 11) is 0. The Balaban J connectivity index is -0.0000000233. The second-order valence-corrected chi connectivity index (χ2v) is 1.32. The van der Waals surface area contributed by atoms with E-state index in [9.17, 15) is 0 Å². The predicted molar refractivity (Wildman–Crippen MR) is 28.6 cm³/mol. The maximum Gasteiger partial charge on any atom is 1.00 e. The first kappa shape index (κ1) is 22.4. The van der Waals surface area contributed by atoms with E-state index in [1.54, 1.807) is 19.9 Å². The summed E-state index contributed by atoms with van der Waals surface area (Å²) in [4.78, 5) is 0. The fraction of sp³-hybridized carbons (Fsp3) is 0.800. The van der Waals surface area contributed by atoms with E-state index in [2.05, 4.69) is 0 Å². The van der Waals surface area contributed by atoms with Crippen molar-refractivity contribution in [1.29, 1.82) is 5.26 Å². The summed E-state index contributed by atoms with van der Waals surface area (Å²) in [5.41, 5.74) is 0. The number of nitriles is 1. The molecule has 0 aromatic heterocycles. The van der Waals surface area contributed by atoms with Gasteiger partial charge in [0.05, 0.1) is 6.07 Å². The minimum Gasteiger partial charge on any atom is -1.00 e. The zero-order valence-corrected chi connectivity index (χ0v) is 10.2. The van der Waals surface area contributed by atoms with Crippen LogP contribution in [0.1, 0.15) is 20.8 Å². The van der Waals surface area contributed by atoms with Gasteiger partial charge in [-0.3, -0.25) is 0 Å². The molecule has 0 aliphatic heterocycles. The second-order valence-electron chi connectivity index (χ2n) is 1.32. The van der Waals surface area contributed by atoms with Gasteiger partial charge in [-0.2, -0.15) is 5.26 Å². The summed E-state index contributed by atoms with van der Waals surface area (Å²) in [5.74, 6) is 0. The van der Waals surface area contributed by atoms with Crippen LogP contribution >= 0.6 is 0 Å². The van der Waals surface area contributed by atoms with E-state index in [0.29, 0.717) is 0 Å². The Labute approximate surface area is 105 Å². The third-order valence-corrected chi connectivity index (χ3v) is 0. The van der Waals surface area contributed by atoms with Crippen LogP contribution in [0.4, 0.5) is 0 Å². The molecule has 0 aliphatic rings. The van der Waals surface area contributed by atoms with Gasteiger partial charge in [-0.05, 0) is 13.8 Å². The molecule has 0 saturated heterocycles. The maximum atomic E-state index is 8.06. The van der Waals surface area contributed by atoms with Crippen molar-refractivity contribution in [2.45, 2.75) is 26.9 Å². The molecule has 50 valence electrons. The molecule has 0 aromatic rings. The molecule has 9 heavy (non-hydrogen) atoms. The Morgan fingerprint density at radius 3 is 1.44 bits per heavy atom. The van der Waals surface area contributed by atoms with Gasteiger partial charge in [-0.1, -0.05) is 0 Å². The van der Waals surface area contributed by atoms with Crippen LogP contribution in [-0.4, -0.2) is 11.2 Å². The third kappa shape index (κ3) is 269. The first-order chi connectivity index (χ1) is 3.15. The van der Waals surface area contributed by atoms with Crippen molar-refractivity contribution in [2.75, 3.05) is 0 Å². The van der Waals surface area contributed by atoms with Crippen LogP contribution in [-0.2, 0) is 0 Å². The van der Waals surface area contributed by atoms with Crippen molar-refractivity contribution in [1.82, 2.24) is 0 Å². The molecule has 2 nitrogen and oxygen atoms in total. The fourth-order valence-electron chi connectivity index (χ4n) is 0.